The summed E-state index contributed by atoms with van der Waals surface area (Å²) in [6.07, 6.45) is 10.1. The van der Waals surface area contributed by atoms with Gasteiger partial charge in [0, 0.05) is 0 Å². The SMILES string of the molecule is CCC(C)(P)OCC12CC3CC(CC(C3)C1)C2. The van der Waals surface area contributed by atoms with Crippen LogP contribution in [-0.4, -0.2) is 11.9 Å². The second-order valence-corrected chi connectivity index (χ2v) is 8.59. The molecule has 0 spiro atoms. The molecule has 98 valence electrons. The Bertz CT molecular complexity index is 262. The Morgan fingerprint density at radius 3 is 2.00 bits per heavy atom. The summed E-state index contributed by atoms with van der Waals surface area (Å²) < 4.78 is 6.23. The van der Waals surface area contributed by atoms with Crippen LogP contribution in [0.15, 0.2) is 0 Å². The van der Waals surface area contributed by atoms with E-state index in [-0.39, 0.29) is 5.34 Å². The van der Waals surface area contributed by atoms with Crippen LogP contribution in [0.5, 0.6) is 0 Å². The maximum Gasteiger partial charge on any atom is 0.0783 e. The monoisotopic (exact) mass is 254 g/mol. The molecule has 1 nitrogen and oxygen atoms in total. The highest BCUT2D eigenvalue weighted by atomic mass is 31.0. The van der Waals surface area contributed by atoms with Crippen LogP contribution >= 0.6 is 9.24 Å². The molecule has 0 aromatic carbocycles. The van der Waals surface area contributed by atoms with E-state index in [1.165, 1.54) is 38.5 Å². The Kier molecular flexibility index (Phi) is 3.07. The first-order valence-electron chi connectivity index (χ1n) is 7.43. The van der Waals surface area contributed by atoms with E-state index >= 15 is 0 Å². The van der Waals surface area contributed by atoms with Gasteiger partial charge >= 0.3 is 0 Å². The molecule has 0 saturated heterocycles. The van der Waals surface area contributed by atoms with Crippen LogP contribution in [0.1, 0.15) is 58.8 Å². The van der Waals surface area contributed by atoms with Gasteiger partial charge in [-0.3, -0.25) is 0 Å². The van der Waals surface area contributed by atoms with E-state index in [1.807, 2.05) is 0 Å². The number of rotatable bonds is 4. The summed E-state index contributed by atoms with van der Waals surface area (Å²) in [4.78, 5) is 0. The first-order chi connectivity index (χ1) is 8.00. The van der Waals surface area contributed by atoms with E-state index in [0.717, 1.165) is 30.8 Å². The maximum atomic E-state index is 6.23. The van der Waals surface area contributed by atoms with E-state index in [2.05, 4.69) is 23.1 Å². The third-order valence-electron chi connectivity index (χ3n) is 5.58. The smallest absolute Gasteiger partial charge is 0.0783 e. The Balaban J connectivity index is 1.66. The Labute approximate surface area is 108 Å². The van der Waals surface area contributed by atoms with Crippen molar-refractivity contribution < 1.29 is 4.74 Å². The van der Waals surface area contributed by atoms with Crippen LogP contribution in [0.2, 0.25) is 0 Å². The third-order valence-corrected chi connectivity index (χ3v) is 6.15. The molecule has 4 aliphatic rings. The lowest BCUT2D eigenvalue weighted by atomic mass is 9.50. The standard InChI is InChI=1S/C15H27OP/c1-3-14(2,17)16-10-15-7-11-4-12(8-15)6-13(5-11)9-15/h11-13H,3-10,17H2,1-2H3. The van der Waals surface area contributed by atoms with E-state index in [1.54, 1.807) is 0 Å². The van der Waals surface area contributed by atoms with E-state index in [9.17, 15) is 0 Å². The number of hydrogen-bond donors (Lipinski definition) is 0. The molecule has 2 atom stereocenters. The summed E-state index contributed by atoms with van der Waals surface area (Å²) in [7, 11) is 2.89. The zero-order chi connectivity index (χ0) is 12.1. The zero-order valence-corrected chi connectivity index (χ0v) is 12.5. The molecule has 4 rings (SSSR count). The molecular weight excluding hydrogens is 227 g/mol. The molecule has 4 fully saturated rings. The van der Waals surface area contributed by atoms with E-state index in [0.29, 0.717) is 5.41 Å². The van der Waals surface area contributed by atoms with Crippen molar-refractivity contribution in [3.05, 3.63) is 0 Å². The molecular formula is C15H27OP. The van der Waals surface area contributed by atoms with Crippen molar-refractivity contribution >= 4 is 9.24 Å². The van der Waals surface area contributed by atoms with Crippen LogP contribution in [0.25, 0.3) is 0 Å². The van der Waals surface area contributed by atoms with Gasteiger partial charge in [0.25, 0.3) is 0 Å². The van der Waals surface area contributed by atoms with Crippen molar-refractivity contribution in [1.82, 2.24) is 0 Å². The average molecular weight is 254 g/mol. The molecule has 0 N–H and O–H groups in total. The molecule has 0 heterocycles. The minimum atomic E-state index is 0.00330. The Hall–Kier alpha value is 0.390. The fourth-order valence-electron chi connectivity index (χ4n) is 4.89. The van der Waals surface area contributed by atoms with Gasteiger partial charge < -0.3 is 4.74 Å². The predicted octanol–water partition coefficient (Wildman–Crippen LogP) is 4.22. The van der Waals surface area contributed by atoms with Crippen LogP contribution in [0.4, 0.5) is 0 Å². The second kappa shape index (κ2) is 4.20. The van der Waals surface area contributed by atoms with Crippen molar-refractivity contribution in [1.29, 1.82) is 0 Å². The highest BCUT2D eigenvalue weighted by Gasteiger charge is 2.51. The van der Waals surface area contributed by atoms with Gasteiger partial charge in [0.1, 0.15) is 0 Å². The minimum absolute atomic E-state index is 0.00330. The Morgan fingerprint density at radius 2 is 1.59 bits per heavy atom. The summed E-state index contributed by atoms with van der Waals surface area (Å²) in [5.74, 6) is 3.13. The molecule has 2 unspecified atom stereocenters. The van der Waals surface area contributed by atoms with Crippen molar-refractivity contribution in [2.24, 2.45) is 23.2 Å². The van der Waals surface area contributed by atoms with Crippen LogP contribution in [0.3, 0.4) is 0 Å². The van der Waals surface area contributed by atoms with Crippen LogP contribution in [-0.2, 0) is 4.74 Å². The highest BCUT2D eigenvalue weighted by Crippen LogP contribution is 2.60. The molecule has 0 amide bonds. The molecule has 0 radical (unpaired) electrons. The topological polar surface area (TPSA) is 9.23 Å². The fraction of sp³-hybridized carbons (Fsp3) is 1.00. The fourth-order valence-corrected chi connectivity index (χ4v) is 4.97. The molecule has 4 aliphatic carbocycles. The highest BCUT2D eigenvalue weighted by molar-refractivity contribution is 7.18. The van der Waals surface area contributed by atoms with Gasteiger partial charge in [-0.1, -0.05) is 6.92 Å². The van der Waals surface area contributed by atoms with Crippen molar-refractivity contribution in [3.8, 4) is 0 Å². The molecule has 17 heavy (non-hydrogen) atoms. The van der Waals surface area contributed by atoms with Crippen molar-refractivity contribution in [2.45, 2.75) is 64.1 Å². The third kappa shape index (κ3) is 2.43. The normalized spacial score (nSPS) is 47.1. The second-order valence-electron chi connectivity index (χ2n) is 7.37. The molecule has 0 aliphatic heterocycles. The zero-order valence-electron chi connectivity index (χ0n) is 11.4. The molecule has 4 saturated carbocycles. The van der Waals surface area contributed by atoms with E-state index < -0.39 is 0 Å². The number of hydrogen-bond acceptors (Lipinski definition) is 1. The van der Waals surface area contributed by atoms with Gasteiger partial charge in [-0.15, -0.1) is 9.24 Å². The molecule has 0 aromatic rings. The first kappa shape index (κ1) is 12.4. The maximum absolute atomic E-state index is 6.23. The first-order valence-corrected chi connectivity index (χ1v) is 8.01. The molecule has 4 bridgehead atoms. The summed E-state index contributed by atoms with van der Waals surface area (Å²) in [6, 6.07) is 0. The van der Waals surface area contributed by atoms with Crippen molar-refractivity contribution in [2.75, 3.05) is 6.61 Å². The molecule has 0 aromatic heterocycles. The Morgan fingerprint density at radius 1 is 1.12 bits per heavy atom. The average Bonchev–Trinajstić information content (AvgIpc) is 2.25. The predicted molar refractivity (Wildman–Crippen MR) is 75.0 cm³/mol. The van der Waals surface area contributed by atoms with Gasteiger partial charge in [0.15, 0.2) is 0 Å². The largest absolute Gasteiger partial charge is 0.371 e. The lowest BCUT2D eigenvalue weighted by molar-refractivity contribution is -0.116. The lowest BCUT2D eigenvalue weighted by Crippen LogP contribution is -2.49. The van der Waals surface area contributed by atoms with Gasteiger partial charge in [0.05, 0.1) is 11.9 Å². The summed E-state index contributed by atoms with van der Waals surface area (Å²) in [5, 5.41) is 0.00330. The van der Waals surface area contributed by atoms with Crippen LogP contribution in [0, 0.1) is 23.2 Å². The number of ether oxygens (including phenoxy) is 1. The summed E-state index contributed by atoms with van der Waals surface area (Å²) in [6.45, 7) is 5.44. The van der Waals surface area contributed by atoms with Crippen molar-refractivity contribution in [3.63, 3.8) is 0 Å². The van der Waals surface area contributed by atoms with Crippen LogP contribution < -0.4 is 0 Å². The molecule has 2 heteroatoms. The van der Waals surface area contributed by atoms with Gasteiger partial charge in [0.2, 0.25) is 0 Å². The quantitative estimate of drug-likeness (QED) is 0.682. The summed E-state index contributed by atoms with van der Waals surface area (Å²) >= 11 is 0. The summed E-state index contributed by atoms with van der Waals surface area (Å²) in [5.41, 5.74) is 0.571. The van der Waals surface area contributed by atoms with Gasteiger partial charge in [-0.2, -0.15) is 0 Å². The minimum Gasteiger partial charge on any atom is -0.371 e. The van der Waals surface area contributed by atoms with Gasteiger partial charge in [-0.25, -0.2) is 0 Å². The van der Waals surface area contributed by atoms with Gasteiger partial charge in [-0.05, 0) is 75.0 Å². The lowest BCUT2D eigenvalue weighted by Gasteiger charge is -2.57. The van der Waals surface area contributed by atoms with E-state index in [4.69, 9.17) is 4.74 Å².